The molecule has 0 unspecified atom stereocenters. The van der Waals surface area contributed by atoms with Crippen molar-refractivity contribution in [2.24, 2.45) is 11.3 Å². The van der Waals surface area contributed by atoms with Crippen molar-refractivity contribution < 1.29 is 57.6 Å². The Hall–Kier alpha value is -5.51. The fraction of sp³-hybridized carbons (Fsp3) is 0.571. The molecule has 20 heteroatoms. The van der Waals surface area contributed by atoms with Gasteiger partial charge < -0.3 is 60.7 Å². The average molecular weight is 984 g/mol. The predicted octanol–water partition coefficient (Wildman–Crippen LogP) is 2.84. The molecule has 0 saturated carbocycles. The van der Waals surface area contributed by atoms with Gasteiger partial charge in [-0.15, -0.1) is 11.3 Å². The third-order valence-electron chi connectivity index (χ3n) is 10.8. The molecule has 2 aromatic carbocycles. The van der Waals surface area contributed by atoms with E-state index in [9.17, 15) is 33.9 Å². The van der Waals surface area contributed by atoms with Gasteiger partial charge >= 0.3 is 6.09 Å². The van der Waals surface area contributed by atoms with E-state index in [2.05, 4.69) is 36.9 Å². The normalized spacial score (nSPS) is 13.1. The highest BCUT2D eigenvalue weighted by Gasteiger charge is 2.30. The van der Waals surface area contributed by atoms with Gasteiger partial charge in [0.1, 0.15) is 25.9 Å². The van der Waals surface area contributed by atoms with Crippen molar-refractivity contribution in [3.8, 4) is 0 Å². The minimum absolute atomic E-state index is 0.0359. The molecule has 4 atom stereocenters. The van der Waals surface area contributed by atoms with E-state index < -0.39 is 47.6 Å². The summed E-state index contributed by atoms with van der Waals surface area (Å²) in [6.07, 6.45) is 1.46. The van der Waals surface area contributed by atoms with Crippen LogP contribution in [-0.4, -0.2) is 142 Å². The SMILES string of the molecule is CCC(C)(C)C(=O)NCCC(=O)NCCOCCOCC(=O)NCCOCCOCC(=O)N[C@H](C(=O)N[C@@H](Cc1ccccc1)C[C@H](O)[C@H](Cc1ccccc1)NC(=O)OCc1cncs1)C(C)C. The number of rotatable bonds is 35. The fourth-order valence-corrected chi connectivity index (χ4v) is 7.01. The van der Waals surface area contributed by atoms with Crippen LogP contribution in [0.3, 0.4) is 0 Å². The zero-order chi connectivity index (χ0) is 50.3. The lowest BCUT2D eigenvalue weighted by atomic mass is 9.89. The molecule has 0 bridgehead atoms. The molecule has 0 saturated heterocycles. The molecule has 69 heavy (non-hydrogen) atoms. The second-order valence-electron chi connectivity index (χ2n) is 17.2. The highest BCUT2D eigenvalue weighted by molar-refractivity contribution is 7.09. The number of nitrogens with zero attached hydrogens (tertiary/aromatic N) is 1. The smallest absolute Gasteiger partial charge is 0.407 e. The summed E-state index contributed by atoms with van der Waals surface area (Å²) in [5.41, 5.74) is 2.99. The van der Waals surface area contributed by atoms with Crippen molar-refractivity contribution in [1.29, 1.82) is 0 Å². The number of benzene rings is 2. The van der Waals surface area contributed by atoms with Gasteiger partial charge in [-0.25, -0.2) is 4.79 Å². The molecule has 7 N–H and O–H groups in total. The van der Waals surface area contributed by atoms with Crippen molar-refractivity contribution in [2.45, 2.75) is 97.6 Å². The van der Waals surface area contributed by atoms with Crippen LogP contribution >= 0.6 is 11.3 Å². The third kappa shape index (κ3) is 25.1. The Labute approximate surface area is 409 Å². The average Bonchev–Trinajstić information content (AvgIpc) is 3.86. The van der Waals surface area contributed by atoms with Gasteiger partial charge in [-0.05, 0) is 42.7 Å². The van der Waals surface area contributed by atoms with Gasteiger partial charge in [0.05, 0.1) is 62.2 Å². The van der Waals surface area contributed by atoms with Crippen molar-refractivity contribution in [3.05, 3.63) is 88.4 Å². The van der Waals surface area contributed by atoms with Crippen LogP contribution in [0.4, 0.5) is 4.79 Å². The number of nitrogens with one attached hydrogen (secondary N) is 6. The topological polar surface area (TPSA) is 254 Å². The molecule has 3 rings (SSSR count). The van der Waals surface area contributed by atoms with Crippen molar-refractivity contribution in [3.63, 3.8) is 0 Å². The number of thiazole rings is 1. The first-order valence-electron chi connectivity index (χ1n) is 23.5. The lowest BCUT2D eigenvalue weighted by Crippen LogP contribution is -2.54. The Morgan fingerprint density at radius 1 is 0.696 bits per heavy atom. The quantitative estimate of drug-likeness (QED) is 0.0420. The van der Waals surface area contributed by atoms with E-state index in [1.165, 1.54) is 11.3 Å². The maximum absolute atomic E-state index is 13.8. The van der Waals surface area contributed by atoms with Gasteiger partial charge in [0.25, 0.3) is 0 Å². The van der Waals surface area contributed by atoms with Crippen LogP contribution in [0.5, 0.6) is 0 Å². The van der Waals surface area contributed by atoms with Crippen molar-refractivity contribution >= 4 is 47.0 Å². The number of aliphatic hydroxyl groups is 1. The summed E-state index contributed by atoms with van der Waals surface area (Å²) in [6, 6.07) is 16.7. The minimum atomic E-state index is -1.10. The highest BCUT2D eigenvalue weighted by atomic mass is 32.1. The van der Waals surface area contributed by atoms with Gasteiger partial charge in [-0.1, -0.05) is 95.3 Å². The number of aromatic nitrogens is 1. The lowest BCUT2D eigenvalue weighted by Gasteiger charge is -2.30. The second-order valence-corrected chi connectivity index (χ2v) is 18.2. The number of hydrogen-bond acceptors (Lipinski definition) is 14. The molecule has 19 nitrogen and oxygen atoms in total. The highest BCUT2D eigenvalue weighted by Crippen LogP contribution is 2.19. The van der Waals surface area contributed by atoms with Crippen LogP contribution in [0.25, 0.3) is 0 Å². The van der Waals surface area contributed by atoms with E-state index in [1.807, 2.05) is 95.3 Å². The van der Waals surface area contributed by atoms with Gasteiger partial charge in [-0.2, -0.15) is 0 Å². The summed E-state index contributed by atoms with van der Waals surface area (Å²) in [6.45, 7) is 10.8. The molecule has 0 aliphatic heterocycles. The molecule has 0 aliphatic rings. The van der Waals surface area contributed by atoms with Gasteiger partial charge in [-0.3, -0.25) is 29.0 Å². The summed E-state index contributed by atoms with van der Waals surface area (Å²) in [7, 11) is 0. The van der Waals surface area contributed by atoms with Gasteiger partial charge in [0.2, 0.25) is 29.5 Å². The van der Waals surface area contributed by atoms with Crippen molar-refractivity contribution in [1.82, 2.24) is 36.9 Å². The Morgan fingerprint density at radius 2 is 1.28 bits per heavy atom. The molecular weight excluding hydrogens is 911 g/mol. The number of hydrogen-bond donors (Lipinski definition) is 7. The molecule has 3 aromatic rings. The summed E-state index contributed by atoms with van der Waals surface area (Å²) in [5, 5.41) is 28.5. The first-order valence-corrected chi connectivity index (χ1v) is 24.3. The standard InChI is InChI=1S/C49H73N7O12S/c1-6-49(4,5)47(62)53-18-17-42(58)51-19-21-64-23-25-66-32-43(59)52-20-22-65-24-26-67-33-44(60)56-45(35(2)3)46(61)54-38(27-36-13-9-7-10-14-36)29-41(57)40(28-37-15-11-8-12-16-37)55-48(63)68-31-39-30-50-34-69-39/h7-16,30,34-35,38,40-41,45,57H,6,17-29,31-33H2,1-5H3,(H,51,58)(H,52,59)(H,53,62)(H,54,61)(H,55,63)(H,56,60)/t38-,40-,41-,45-/m0/s1. The summed E-state index contributed by atoms with van der Waals surface area (Å²) in [5.74, 6) is -1.83. The Morgan fingerprint density at radius 3 is 1.86 bits per heavy atom. The van der Waals surface area contributed by atoms with E-state index in [0.717, 1.165) is 16.0 Å². The summed E-state index contributed by atoms with van der Waals surface area (Å²) < 4.78 is 27.1. The van der Waals surface area contributed by atoms with Crippen LogP contribution in [0.1, 0.15) is 69.9 Å². The summed E-state index contributed by atoms with van der Waals surface area (Å²) in [4.78, 5) is 80.6. The van der Waals surface area contributed by atoms with Crippen LogP contribution in [0.2, 0.25) is 0 Å². The van der Waals surface area contributed by atoms with Crippen molar-refractivity contribution in [2.75, 3.05) is 72.5 Å². The van der Waals surface area contributed by atoms with Gasteiger partial charge in [0, 0.05) is 43.7 Å². The molecular formula is C49H73N7O12S. The molecule has 382 valence electrons. The Kier molecular flexibility index (Phi) is 27.7. The zero-order valence-corrected chi connectivity index (χ0v) is 41.4. The summed E-state index contributed by atoms with van der Waals surface area (Å²) >= 11 is 1.36. The van der Waals surface area contributed by atoms with Crippen LogP contribution in [0, 0.1) is 11.3 Å². The predicted molar refractivity (Wildman–Crippen MR) is 260 cm³/mol. The number of amides is 6. The maximum Gasteiger partial charge on any atom is 0.407 e. The zero-order valence-electron chi connectivity index (χ0n) is 40.6. The Bertz CT molecular complexity index is 1940. The molecule has 1 aromatic heterocycles. The van der Waals surface area contributed by atoms with Gasteiger partial charge in [0.15, 0.2) is 0 Å². The number of carbonyl (C=O) groups excluding carboxylic acids is 6. The number of ether oxygens (including phenoxy) is 5. The monoisotopic (exact) mass is 984 g/mol. The molecule has 0 fully saturated rings. The van der Waals surface area contributed by atoms with E-state index >= 15 is 0 Å². The lowest BCUT2D eigenvalue weighted by molar-refractivity contribution is -0.133. The first kappa shape index (κ1) is 57.8. The van der Waals surface area contributed by atoms with E-state index in [0.29, 0.717) is 25.8 Å². The van der Waals surface area contributed by atoms with Crippen LogP contribution in [0.15, 0.2) is 72.4 Å². The number of carbonyl (C=O) groups is 6. The molecule has 0 radical (unpaired) electrons. The largest absolute Gasteiger partial charge is 0.444 e. The maximum atomic E-state index is 13.8. The number of aliphatic hydroxyl groups excluding tert-OH is 1. The molecule has 0 aliphatic carbocycles. The van der Waals surface area contributed by atoms with Crippen LogP contribution < -0.4 is 31.9 Å². The van der Waals surface area contributed by atoms with E-state index in [-0.39, 0.29) is 109 Å². The van der Waals surface area contributed by atoms with E-state index in [4.69, 9.17) is 23.7 Å². The molecule has 1 heterocycles. The minimum Gasteiger partial charge on any atom is -0.444 e. The third-order valence-corrected chi connectivity index (χ3v) is 11.6. The van der Waals surface area contributed by atoms with E-state index in [1.54, 1.807) is 11.7 Å². The second kappa shape index (κ2) is 33.1. The first-order chi connectivity index (χ1) is 33.2. The molecule has 0 spiro atoms. The van der Waals surface area contributed by atoms with Crippen LogP contribution in [-0.2, 0) is 67.1 Å². The fourth-order valence-electron chi connectivity index (χ4n) is 6.51. The molecule has 6 amide bonds. The number of alkyl carbamates (subject to hydrolysis) is 1. The Balaban J connectivity index is 1.33.